The summed E-state index contributed by atoms with van der Waals surface area (Å²) in [5.74, 6) is -0.335. The second-order valence-corrected chi connectivity index (χ2v) is 8.89. The number of nitrogens with zero attached hydrogens (tertiary/aromatic N) is 1. The van der Waals surface area contributed by atoms with Crippen LogP contribution in [0, 0.1) is 5.92 Å². The van der Waals surface area contributed by atoms with E-state index in [1.54, 1.807) is 11.8 Å². The molecule has 0 aliphatic carbocycles. The summed E-state index contributed by atoms with van der Waals surface area (Å²) in [6.45, 7) is 7.38. The number of sulfone groups is 1. The predicted molar refractivity (Wildman–Crippen MR) is 79.4 cm³/mol. The van der Waals surface area contributed by atoms with Crippen molar-refractivity contribution in [2.45, 2.75) is 58.2 Å². The van der Waals surface area contributed by atoms with Gasteiger partial charge in [-0.2, -0.15) is 0 Å². The number of hydrogen-bond acceptors (Lipinski definition) is 4. The lowest BCUT2D eigenvalue weighted by Crippen LogP contribution is -2.70. The molecule has 2 saturated heterocycles. The average Bonchev–Trinajstić information content (AvgIpc) is 2.65. The summed E-state index contributed by atoms with van der Waals surface area (Å²) in [5, 5.41) is 2.78. The number of rotatable bonds is 3. The summed E-state index contributed by atoms with van der Waals surface area (Å²) in [6.07, 6.45) is 0.883. The molecule has 0 aromatic heterocycles. The molecule has 6 nitrogen and oxygen atoms in total. The Morgan fingerprint density at radius 3 is 2.43 bits per heavy atom. The van der Waals surface area contributed by atoms with Crippen molar-refractivity contribution in [3.05, 3.63) is 0 Å². The molecule has 1 N–H and O–H groups in total. The third-order valence-electron chi connectivity index (χ3n) is 4.53. The maximum Gasteiger partial charge on any atom is 0.246 e. The Hall–Kier alpha value is -1.11. The molecular formula is C14H24N2O4S. The van der Waals surface area contributed by atoms with Gasteiger partial charge in [0.25, 0.3) is 0 Å². The first-order valence-corrected chi connectivity index (χ1v) is 9.27. The first-order chi connectivity index (χ1) is 9.61. The van der Waals surface area contributed by atoms with E-state index in [0.29, 0.717) is 12.8 Å². The minimum Gasteiger partial charge on any atom is -0.342 e. The van der Waals surface area contributed by atoms with Gasteiger partial charge in [-0.15, -0.1) is 0 Å². The number of carbonyl (C=O) groups is 2. The van der Waals surface area contributed by atoms with E-state index in [-0.39, 0.29) is 29.2 Å². The van der Waals surface area contributed by atoms with Gasteiger partial charge in [0.1, 0.15) is 12.1 Å². The Labute approximate surface area is 126 Å². The van der Waals surface area contributed by atoms with Crippen LogP contribution in [0.1, 0.15) is 40.5 Å². The maximum absolute atomic E-state index is 12.8. The van der Waals surface area contributed by atoms with E-state index in [0.717, 1.165) is 0 Å². The molecule has 2 fully saturated rings. The average molecular weight is 316 g/mol. The molecular weight excluding hydrogens is 292 g/mol. The molecule has 0 radical (unpaired) electrons. The van der Waals surface area contributed by atoms with Gasteiger partial charge < -0.3 is 10.2 Å². The molecule has 2 rings (SSSR count). The van der Waals surface area contributed by atoms with Crippen molar-refractivity contribution in [3.8, 4) is 0 Å². The Morgan fingerprint density at radius 1 is 1.38 bits per heavy atom. The van der Waals surface area contributed by atoms with Gasteiger partial charge >= 0.3 is 0 Å². The highest BCUT2D eigenvalue weighted by molar-refractivity contribution is 7.91. The monoisotopic (exact) mass is 316 g/mol. The topological polar surface area (TPSA) is 83.6 Å². The van der Waals surface area contributed by atoms with Gasteiger partial charge in [0, 0.05) is 0 Å². The van der Waals surface area contributed by atoms with E-state index < -0.39 is 27.5 Å². The van der Waals surface area contributed by atoms with Crippen LogP contribution < -0.4 is 5.32 Å². The maximum atomic E-state index is 12.8. The Bertz CT molecular complexity index is 557. The molecule has 0 aromatic carbocycles. The van der Waals surface area contributed by atoms with Crippen molar-refractivity contribution in [2.24, 2.45) is 5.92 Å². The second-order valence-electron chi connectivity index (χ2n) is 6.70. The largest absolute Gasteiger partial charge is 0.342 e. The lowest BCUT2D eigenvalue weighted by Gasteiger charge is -2.48. The van der Waals surface area contributed by atoms with Crippen LogP contribution >= 0.6 is 0 Å². The van der Waals surface area contributed by atoms with Crippen molar-refractivity contribution in [2.75, 3.05) is 11.5 Å². The lowest BCUT2D eigenvalue weighted by atomic mass is 9.89. The number of nitrogens with one attached hydrogen (secondary N) is 1. The zero-order chi connectivity index (χ0) is 16.0. The van der Waals surface area contributed by atoms with Crippen molar-refractivity contribution >= 4 is 21.7 Å². The van der Waals surface area contributed by atoms with E-state index >= 15 is 0 Å². The molecule has 3 unspecified atom stereocenters. The fourth-order valence-electron chi connectivity index (χ4n) is 3.38. The van der Waals surface area contributed by atoms with E-state index in [1.807, 2.05) is 20.8 Å². The van der Waals surface area contributed by atoms with Gasteiger partial charge in [-0.25, -0.2) is 8.42 Å². The van der Waals surface area contributed by atoms with Gasteiger partial charge in [0.05, 0.1) is 17.0 Å². The quantitative estimate of drug-likeness (QED) is 0.813. The molecule has 0 spiro atoms. The number of amides is 2. The van der Waals surface area contributed by atoms with Crippen molar-refractivity contribution in [1.29, 1.82) is 0 Å². The molecule has 3 atom stereocenters. The Balaban J connectivity index is 2.41. The van der Waals surface area contributed by atoms with E-state index in [4.69, 9.17) is 0 Å². The summed E-state index contributed by atoms with van der Waals surface area (Å²) < 4.78 is 23.7. The summed E-state index contributed by atoms with van der Waals surface area (Å²) in [4.78, 5) is 26.7. The predicted octanol–water partition coefficient (Wildman–Crippen LogP) is 0.325. The van der Waals surface area contributed by atoms with Crippen LogP contribution in [-0.4, -0.2) is 54.3 Å². The standard InChI is InChI=1S/C14H24N2O4S/c1-5-10-12(17)15-11(9(2)3)13(18)16(10)14(4)6-7-21(19,20)8-14/h9-11H,5-8H2,1-4H3,(H,15,17). The second kappa shape index (κ2) is 5.26. The third kappa shape index (κ3) is 2.80. The fourth-order valence-corrected chi connectivity index (χ4v) is 5.50. The van der Waals surface area contributed by atoms with E-state index in [1.165, 1.54) is 0 Å². The molecule has 120 valence electrons. The number of piperazine rings is 1. The van der Waals surface area contributed by atoms with Gasteiger partial charge in [-0.3, -0.25) is 9.59 Å². The normalized spacial score (nSPS) is 36.1. The highest BCUT2D eigenvalue weighted by atomic mass is 32.2. The molecule has 0 saturated carbocycles. The van der Waals surface area contributed by atoms with Crippen LogP contribution in [0.4, 0.5) is 0 Å². The zero-order valence-corrected chi connectivity index (χ0v) is 13.9. The summed E-state index contributed by atoms with van der Waals surface area (Å²) >= 11 is 0. The van der Waals surface area contributed by atoms with Crippen LogP contribution in [0.2, 0.25) is 0 Å². The van der Waals surface area contributed by atoms with Crippen LogP contribution in [0.5, 0.6) is 0 Å². The van der Waals surface area contributed by atoms with E-state index in [2.05, 4.69) is 5.32 Å². The van der Waals surface area contributed by atoms with Crippen LogP contribution in [0.25, 0.3) is 0 Å². The zero-order valence-electron chi connectivity index (χ0n) is 13.0. The molecule has 2 heterocycles. The van der Waals surface area contributed by atoms with Gasteiger partial charge in [-0.05, 0) is 25.7 Å². The minimum absolute atomic E-state index is 0.0247. The van der Waals surface area contributed by atoms with Crippen molar-refractivity contribution in [1.82, 2.24) is 10.2 Å². The molecule has 7 heteroatoms. The van der Waals surface area contributed by atoms with Gasteiger partial charge in [-0.1, -0.05) is 20.8 Å². The van der Waals surface area contributed by atoms with Crippen LogP contribution in [0.15, 0.2) is 0 Å². The van der Waals surface area contributed by atoms with E-state index in [9.17, 15) is 18.0 Å². The lowest BCUT2D eigenvalue weighted by molar-refractivity contribution is -0.157. The number of carbonyl (C=O) groups excluding carboxylic acids is 2. The Morgan fingerprint density at radius 2 is 2.00 bits per heavy atom. The summed E-state index contributed by atoms with van der Waals surface area (Å²) in [5.41, 5.74) is -0.776. The van der Waals surface area contributed by atoms with Crippen LogP contribution in [-0.2, 0) is 19.4 Å². The Kier molecular flexibility index (Phi) is 4.08. The molecule has 2 aliphatic heterocycles. The van der Waals surface area contributed by atoms with Crippen LogP contribution in [0.3, 0.4) is 0 Å². The first kappa shape index (κ1) is 16.3. The molecule has 0 aromatic rings. The highest BCUT2D eigenvalue weighted by Crippen LogP contribution is 2.34. The van der Waals surface area contributed by atoms with Crippen molar-refractivity contribution in [3.63, 3.8) is 0 Å². The van der Waals surface area contributed by atoms with Gasteiger partial charge in [0.15, 0.2) is 9.84 Å². The van der Waals surface area contributed by atoms with Crippen molar-refractivity contribution < 1.29 is 18.0 Å². The highest BCUT2D eigenvalue weighted by Gasteiger charge is 2.52. The first-order valence-electron chi connectivity index (χ1n) is 7.45. The smallest absolute Gasteiger partial charge is 0.246 e. The molecule has 0 bridgehead atoms. The fraction of sp³-hybridized carbons (Fsp3) is 0.857. The third-order valence-corrected chi connectivity index (χ3v) is 6.42. The molecule has 2 aliphatic rings. The van der Waals surface area contributed by atoms with Gasteiger partial charge in [0.2, 0.25) is 11.8 Å². The number of hydrogen-bond donors (Lipinski definition) is 1. The molecule has 2 amide bonds. The SMILES string of the molecule is CCC1C(=O)NC(C(C)C)C(=O)N1C1(C)CCS(=O)(=O)C1. The summed E-state index contributed by atoms with van der Waals surface area (Å²) in [6, 6.07) is -1.15. The minimum atomic E-state index is -3.14. The molecule has 21 heavy (non-hydrogen) atoms. The summed E-state index contributed by atoms with van der Waals surface area (Å²) in [7, 11) is -3.14.